The van der Waals surface area contributed by atoms with E-state index < -0.39 is 6.36 Å². The first kappa shape index (κ1) is 14.5. The fraction of sp³-hybridized carbons (Fsp3) is 0.154. The predicted octanol–water partition coefficient (Wildman–Crippen LogP) is 4.25. The van der Waals surface area contributed by atoms with E-state index in [4.69, 9.17) is 11.6 Å². The second kappa shape index (κ2) is 6.00. The van der Waals surface area contributed by atoms with Crippen molar-refractivity contribution in [2.45, 2.75) is 12.9 Å². The van der Waals surface area contributed by atoms with Gasteiger partial charge < -0.3 is 10.1 Å². The first-order valence-corrected chi connectivity index (χ1v) is 6.01. The molecule has 7 heteroatoms. The van der Waals surface area contributed by atoms with Gasteiger partial charge in [-0.25, -0.2) is 4.98 Å². The third-order valence-electron chi connectivity index (χ3n) is 2.38. The number of ether oxygens (including phenoxy) is 1. The summed E-state index contributed by atoms with van der Waals surface area (Å²) in [7, 11) is 0. The van der Waals surface area contributed by atoms with Gasteiger partial charge in [-0.3, -0.25) is 0 Å². The van der Waals surface area contributed by atoms with Crippen molar-refractivity contribution in [2.24, 2.45) is 0 Å². The molecule has 20 heavy (non-hydrogen) atoms. The summed E-state index contributed by atoms with van der Waals surface area (Å²) in [5.74, 6) is 0.266. The summed E-state index contributed by atoms with van der Waals surface area (Å²) in [6, 6.07) is 8.97. The number of nitrogens with one attached hydrogen (secondary N) is 1. The van der Waals surface area contributed by atoms with Gasteiger partial charge in [-0.1, -0.05) is 23.7 Å². The molecule has 3 nitrogen and oxygen atoms in total. The summed E-state index contributed by atoms with van der Waals surface area (Å²) in [6.07, 6.45) is -3.09. The van der Waals surface area contributed by atoms with Gasteiger partial charge in [0.15, 0.2) is 0 Å². The minimum Gasteiger partial charge on any atom is -0.406 e. The lowest BCUT2D eigenvalue weighted by molar-refractivity contribution is -0.274. The van der Waals surface area contributed by atoms with Crippen molar-refractivity contribution in [1.29, 1.82) is 0 Å². The Morgan fingerprint density at radius 2 is 1.85 bits per heavy atom. The molecular formula is C13H10ClF3N2O. The maximum absolute atomic E-state index is 12.0. The van der Waals surface area contributed by atoms with E-state index in [1.807, 2.05) is 0 Å². The van der Waals surface area contributed by atoms with Gasteiger partial charge in [0.05, 0.1) is 5.02 Å². The van der Waals surface area contributed by atoms with Crippen molar-refractivity contribution in [2.75, 3.05) is 5.32 Å². The van der Waals surface area contributed by atoms with Crippen LogP contribution in [0.15, 0.2) is 42.6 Å². The molecule has 1 aromatic carbocycles. The number of nitrogens with zero attached hydrogens (tertiary/aromatic N) is 1. The summed E-state index contributed by atoms with van der Waals surface area (Å²) >= 11 is 5.92. The minimum atomic E-state index is -4.68. The molecule has 0 fully saturated rings. The molecule has 0 aliphatic carbocycles. The first-order chi connectivity index (χ1) is 9.44. The monoisotopic (exact) mass is 302 g/mol. The van der Waals surface area contributed by atoms with Crippen LogP contribution in [0.4, 0.5) is 19.0 Å². The standard InChI is InChI=1S/C13H10ClF3N2O/c14-11-2-1-7-18-12(11)19-8-9-3-5-10(6-4-9)20-13(15,16)17/h1-7H,8H2,(H,18,19). The Morgan fingerprint density at radius 1 is 1.15 bits per heavy atom. The lowest BCUT2D eigenvalue weighted by atomic mass is 10.2. The molecule has 0 unspecified atom stereocenters. The summed E-state index contributed by atoms with van der Waals surface area (Å²) < 4.78 is 39.8. The molecule has 1 heterocycles. The van der Waals surface area contributed by atoms with E-state index in [9.17, 15) is 13.2 Å². The molecule has 0 saturated carbocycles. The first-order valence-electron chi connectivity index (χ1n) is 5.63. The van der Waals surface area contributed by atoms with Gasteiger partial charge in [0.2, 0.25) is 0 Å². The molecule has 2 rings (SSSR count). The van der Waals surface area contributed by atoms with Gasteiger partial charge in [0, 0.05) is 12.7 Å². The van der Waals surface area contributed by atoms with E-state index in [1.54, 1.807) is 18.3 Å². The Kier molecular flexibility index (Phi) is 4.34. The van der Waals surface area contributed by atoms with Crippen LogP contribution in [0.1, 0.15) is 5.56 Å². The fourth-order valence-electron chi connectivity index (χ4n) is 1.51. The smallest absolute Gasteiger partial charge is 0.406 e. The van der Waals surface area contributed by atoms with Gasteiger partial charge in [-0.15, -0.1) is 13.2 Å². The number of hydrogen-bond acceptors (Lipinski definition) is 3. The van der Waals surface area contributed by atoms with Crippen LogP contribution in [0.3, 0.4) is 0 Å². The molecular weight excluding hydrogens is 293 g/mol. The highest BCUT2D eigenvalue weighted by Gasteiger charge is 2.30. The van der Waals surface area contributed by atoms with Crippen LogP contribution in [0.25, 0.3) is 0 Å². The van der Waals surface area contributed by atoms with Crippen LogP contribution < -0.4 is 10.1 Å². The highest BCUT2D eigenvalue weighted by molar-refractivity contribution is 6.32. The second-order valence-corrected chi connectivity index (χ2v) is 4.29. The van der Waals surface area contributed by atoms with Crippen molar-refractivity contribution in [3.63, 3.8) is 0 Å². The number of halogens is 4. The van der Waals surface area contributed by atoms with Crippen LogP contribution in [0.5, 0.6) is 5.75 Å². The maximum Gasteiger partial charge on any atom is 0.573 e. The molecule has 0 amide bonds. The molecule has 106 valence electrons. The molecule has 1 N–H and O–H groups in total. The van der Waals surface area contributed by atoms with Gasteiger partial charge in [0.1, 0.15) is 11.6 Å². The summed E-state index contributed by atoms with van der Waals surface area (Å²) in [5, 5.41) is 3.47. The third kappa shape index (κ3) is 4.31. The van der Waals surface area contributed by atoms with Crippen LogP contribution in [0, 0.1) is 0 Å². The van der Waals surface area contributed by atoms with Crippen molar-refractivity contribution >= 4 is 17.4 Å². The van der Waals surface area contributed by atoms with Crippen molar-refractivity contribution in [1.82, 2.24) is 4.98 Å². The Morgan fingerprint density at radius 3 is 2.45 bits per heavy atom. The van der Waals surface area contributed by atoms with E-state index in [0.717, 1.165) is 5.56 Å². The minimum absolute atomic E-state index is 0.253. The van der Waals surface area contributed by atoms with Gasteiger partial charge in [-0.2, -0.15) is 0 Å². The molecule has 0 spiro atoms. The lowest BCUT2D eigenvalue weighted by Crippen LogP contribution is -2.17. The molecule has 0 saturated heterocycles. The SMILES string of the molecule is FC(F)(F)Oc1ccc(CNc2ncccc2Cl)cc1. The average Bonchev–Trinajstić information content (AvgIpc) is 2.38. The predicted molar refractivity (Wildman–Crippen MR) is 69.7 cm³/mol. The molecule has 0 aliphatic heterocycles. The van der Waals surface area contributed by atoms with Gasteiger partial charge in [-0.05, 0) is 29.8 Å². The number of anilines is 1. The lowest BCUT2D eigenvalue weighted by Gasteiger charge is -2.10. The molecule has 0 radical (unpaired) electrons. The van der Waals surface area contributed by atoms with Crippen LogP contribution in [0.2, 0.25) is 5.02 Å². The highest BCUT2D eigenvalue weighted by atomic mass is 35.5. The number of rotatable bonds is 4. The number of hydrogen-bond donors (Lipinski definition) is 1. The number of pyridine rings is 1. The fourth-order valence-corrected chi connectivity index (χ4v) is 1.70. The number of aromatic nitrogens is 1. The van der Waals surface area contributed by atoms with E-state index in [2.05, 4.69) is 15.0 Å². The van der Waals surface area contributed by atoms with E-state index in [-0.39, 0.29) is 5.75 Å². The van der Waals surface area contributed by atoms with E-state index in [1.165, 1.54) is 24.3 Å². The molecule has 0 aliphatic rings. The van der Waals surface area contributed by atoms with Gasteiger partial charge in [0.25, 0.3) is 0 Å². The Balaban J connectivity index is 1.96. The molecule has 0 atom stereocenters. The van der Waals surface area contributed by atoms with Crippen molar-refractivity contribution in [3.8, 4) is 5.75 Å². The second-order valence-electron chi connectivity index (χ2n) is 3.88. The normalized spacial score (nSPS) is 11.2. The maximum atomic E-state index is 12.0. The summed E-state index contributed by atoms with van der Waals surface area (Å²) in [6.45, 7) is 0.392. The van der Waals surface area contributed by atoms with Crippen molar-refractivity contribution in [3.05, 3.63) is 53.2 Å². The van der Waals surface area contributed by atoms with E-state index >= 15 is 0 Å². The largest absolute Gasteiger partial charge is 0.573 e. The zero-order valence-electron chi connectivity index (χ0n) is 10.1. The third-order valence-corrected chi connectivity index (χ3v) is 2.68. The molecule has 1 aromatic heterocycles. The number of alkyl halides is 3. The zero-order chi connectivity index (χ0) is 14.6. The average molecular weight is 303 g/mol. The Labute approximate surface area is 118 Å². The highest BCUT2D eigenvalue weighted by Crippen LogP contribution is 2.23. The van der Waals surface area contributed by atoms with Crippen LogP contribution in [-0.4, -0.2) is 11.3 Å². The summed E-state index contributed by atoms with van der Waals surface area (Å²) in [5.41, 5.74) is 0.779. The van der Waals surface area contributed by atoms with Crippen LogP contribution in [-0.2, 0) is 6.54 Å². The van der Waals surface area contributed by atoms with Crippen molar-refractivity contribution < 1.29 is 17.9 Å². The molecule has 2 aromatic rings. The zero-order valence-corrected chi connectivity index (χ0v) is 10.9. The molecule has 0 bridgehead atoms. The summed E-state index contributed by atoms with van der Waals surface area (Å²) in [4.78, 5) is 4.04. The quantitative estimate of drug-likeness (QED) is 0.917. The Bertz CT molecular complexity index is 573. The topological polar surface area (TPSA) is 34.1 Å². The Hall–Kier alpha value is -1.95. The van der Waals surface area contributed by atoms with E-state index in [0.29, 0.717) is 17.4 Å². The van der Waals surface area contributed by atoms with Gasteiger partial charge >= 0.3 is 6.36 Å². The number of benzene rings is 1. The van der Waals surface area contributed by atoms with Crippen LogP contribution >= 0.6 is 11.6 Å².